The number of hydrogen-bond donors (Lipinski definition) is 1. The lowest BCUT2D eigenvalue weighted by molar-refractivity contribution is -0.134. The average molecular weight is 615 g/mol. The van der Waals surface area contributed by atoms with Crippen LogP contribution in [0.1, 0.15) is 61.5 Å². The Morgan fingerprint density at radius 1 is 0.978 bits per heavy atom. The Bertz CT molecular complexity index is 1500. The van der Waals surface area contributed by atoms with Gasteiger partial charge in [0.05, 0.1) is 25.0 Å². The fraction of sp³-hybridized carbons (Fsp3) is 0.389. The number of piperidine rings is 1. The van der Waals surface area contributed by atoms with Gasteiger partial charge < -0.3 is 19.4 Å². The van der Waals surface area contributed by atoms with Crippen LogP contribution in [0.25, 0.3) is 5.70 Å². The van der Waals surface area contributed by atoms with Crippen LogP contribution in [-0.2, 0) is 20.9 Å². The van der Waals surface area contributed by atoms with Crippen LogP contribution in [0.3, 0.4) is 0 Å². The molecule has 0 saturated carbocycles. The molecular formula is C36H43FN4O4. The third-order valence-corrected chi connectivity index (χ3v) is 8.36. The first-order chi connectivity index (χ1) is 21.6. The summed E-state index contributed by atoms with van der Waals surface area (Å²) in [6, 6.07) is 23.8. The van der Waals surface area contributed by atoms with E-state index in [1.165, 1.54) is 12.1 Å². The molecule has 1 N–H and O–H groups in total. The molecule has 8 nitrogen and oxygen atoms in total. The molecule has 0 aliphatic carbocycles. The van der Waals surface area contributed by atoms with E-state index < -0.39 is 11.1 Å². The van der Waals surface area contributed by atoms with Crippen LogP contribution in [-0.4, -0.2) is 66.2 Å². The van der Waals surface area contributed by atoms with Crippen LogP contribution >= 0.6 is 0 Å². The molecule has 2 fully saturated rings. The Kier molecular flexibility index (Phi) is 9.90. The van der Waals surface area contributed by atoms with E-state index in [1.54, 1.807) is 25.3 Å². The number of anilines is 1. The highest BCUT2D eigenvalue weighted by Crippen LogP contribution is 2.40. The van der Waals surface area contributed by atoms with Crippen molar-refractivity contribution in [3.05, 3.63) is 107 Å². The molecule has 2 aliphatic rings. The molecule has 0 radical (unpaired) electrons. The van der Waals surface area contributed by atoms with Crippen LogP contribution < -0.4 is 10.4 Å². The Morgan fingerprint density at radius 3 is 2.36 bits per heavy atom. The molecule has 3 aromatic rings. The summed E-state index contributed by atoms with van der Waals surface area (Å²) in [7, 11) is 1.56. The minimum atomic E-state index is -0.632. The number of nitrogens with one attached hydrogen (secondary N) is 1. The zero-order valence-corrected chi connectivity index (χ0v) is 26.6. The highest BCUT2D eigenvalue weighted by atomic mass is 19.1. The summed E-state index contributed by atoms with van der Waals surface area (Å²) >= 11 is 0. The number of amides is 1. The van der Waals surface area contributed by atoms with Gasteiger partial charge in [-0.25, -0.2) is 9.18 Å². The lowest BCUT2D eigenvalue weighted by atomic mass is 9.85. The van der Waals surface area contributed by atoms with E-state index in [0.717, 1.165) is 48.6 Å². The second-order valence-electron chi connectivity index (χ2n) is 12.7. The summed E-state index contributed by atoms with van der Waals surface area (Å²) in [6.07, 6.45) is 4.25. The average Bonchev–Trinajstić information content (AvgIpc) is 3.28. The normalized spacial score (nSPS) is 17.2. The van der Waals surface area contributed by atoms with Crippen molar-refractivity contribution in [3.63, 3.8) is 0 Å². The Balaban J connectivity index is 1.28. The molecule has 0 bridgehead atoms. The van der Waals surface area contributed by atoms with Crippen molar-refractivity contribution in [1.29, 1.82) is 0 Å². The molecule has 238 valence electrons. The molecule has 0 aromatic heterocycles. The van der Waals surface area contributed by atoms with Crippen molar-refractivity contribution < 1.29 is 23.6 Å². The third kappa shape index (κ3) is 7.72. The van der Waals surface area contributed by atoms with Gasteiger partial charge in [0.1, 0.15) is 17.0 Å². The van der Waals surface area contributed by atoms with Gasteiger partial charge in [0, 0.05) is 31.9 Å². The maximum absolute atomic E-state index is 14.3. The highest BCUT2D eigenvalue weighted by molar-refractivity contribution is 5.94. The first kappa shape index (κ1) is 32.2. The van der Waals surface area contributed by atoms with E-state index in [4.69, 9.17) is 9.57 Å². The third-order valence-electron chi connectivity index (χ3n) is 8.36. The highest BCUT2D eigenvalue weighted by Gasteiger charge is 2.53. The van der Waals surface area contributed by atoms with Crippen LogP contribution in [0.5, 0.6) is 0 Å². The number of para-hydroxylation sites is 1. The molecule has 2 heterocycles. The minimum Gasteiger partial charge on any atom is -0.456 e. The summed E-state index contributed by atoms with van der Waals surface area (Å²) in [5.74, 6) is -0.530. The number of benzene rings is 3. The molecule has 2 saturated heterocycles. The van der Waals surface area contributed by atoms with E-state index in [1.807, 2.05) is 62.1 Å². The summed E-state index contributed by atoms with van der Waals surface area (Å²) < 4.78 is 19.0. The van der Waals surface area contributed by atoms with Gasteiger partial charge >= 0.3 is 5.97 Å². The Labute approximate surface area is 265 Å². The predicted molar refractivity (Wildman–Crippen MR) is 173 cm³/mol. The largest absolute Gasteiger partial charge is 0.456 e. The van der Waals surface area contributed by atoms with Gasteiger partial charge in [-0.15, -0.1) is 0 Å². The maximum atomic E-state index is 14.3. The van der Waals surface area contributed by atoms with Crippen molar-refractivity contribution in [1.82, 2.24) is 15.3 Å². The number of halogens is 1. The Hall–Kier alpha value is -4.21. The second-order valence-corrected chi connectivity index (χ2v) is 12.7. The second kappa shape index (κ2) is 13.8. The first-order valence-electron chi connectivity index (χ1n) is 15.5. The molecule has 1 spiro atoms. The molecule has 5 rings (SSSR count). The zero-order chi connectivity index (χ0) is 32.0. The van der Waals surface area contributed by atoms with Crippen LogP contribution in [0.2, 0.25) is 0 Å². The number of ether oxygens (including phenoxy) is 1. The topological polar surface area (TPSA) is 74.3 Å². The van der Waals surface area contributed by atoms with Crippen LogP contribution in [0.4, 0.5) is 10.1 Å². The van der Waals surface area contributed by atoms with E-state index in [9.17, 15) is 14.0 Å². The molecule has 2 aliphatic heterocycles. The lowest BCUT2D eigenvalue weighted by Crippen LogP contribution is -2.56. The summed E-state index contributed by atoms with van der Waals surface area (Å²) in [6.45, 7) is 8.83. The number of carbonyl (C=O) groups excluding carboxylic acids is 2. The molecule has 3 aromatic carbocycles. The van der Waals surface area contributed by atoms with Gasteiger partial charge in [0.15, 0.2) is 0 Å². The molecule has 45 heavy (non-hydrogen) atoms. The first-order valence-corrected chi connectivity index (χ1v) is 15.5. The monoisotopic (exact) mass is 614 g/mol. The van der Waals surface area contributed by atoms with Crippen molar-refractivity contribution >= 4 is 23.3 Å². The van der Waals surface area contributed by atoms with E-state index >= 15 is 0 Å². The van der Waals surface area contributed by atoms with E-state index in [-0.39, 0.29) is 17.7 Å². The molecule has 0 unspecified atom stereocenters. The fourth-order valence-electron chi connectivity index (χ4n) is 6.17. The van der Waals surface area contributed by atoms with Gasteiger partial charge in [0.2, 0.25) is 5.91 Å². The zero-order valence-electron chi connectivity index (χ0n) is 26.6. The smallest absolute Gasteiger partial charge is 0.338 e. The standard InChI is InChI=1S/C36H43FN4O4/c1-35(2,3)45-33(42)29-11-8-10-27(24-29)25-40-26-41(31-12-6-5-7-13-31)36(34(40)43)19-22-39(23-20-36)21-9-14-32(38-44-4)28-15-17-30(37)18-16-28/h5-8,10-18,24,38H,9,19-23,25-26H2,1-4H3/b32-14-. The molecular weight excluding hydrogens is 571 g/mol. The summed E-state index contributed by atoms with van der Waals surface area (Å²) in [4.78, 5) is 38.7. The minimum absolute atomic E-state index is 0.122. The maximum Gasteiger partial charge on any atom is 0.338 e. The number of hydroxylamine groups is 1. The summed E-state index contributed by atoms with van der Waals surface area (Å²) in [5, 5.41) is 0. The van der Waals surface area contributed by atoms with E-state index in [0.29, 0.717) is 31.6 Å². The predicted octanol–water partition coefficient (Wildman–Crippen LogP) is 6.00. The van der Waals surface area contributed by atoms with Crippen molar-refractivity contribution in [2.24, 2.45) is 0 Å². The van der Waals surface area contributed by atoms with Crippen molar-refractivity contribution in [2.45, 2.75) is 57.7 Å². The number of likely N-dealkylation sites (tertiary alicyclic amines) is 1. The SMILES string of the molecule is CON/C(=C\CCN1CCC2(CC1)C(=O)N(Cc1cccc(C(=O)OC(C)(C)C)c1)CN2c1ccccc1)c1ccc(F)cc1. The van der Waals surface area contributed by atoms with Gasteiger partial charge in [-0.2, -0.15) is 0 Å². The number of carbonyl (C=O) groups is 2. The molecule has 9 heteroatoms. The van der Waals surface area contributed by atoms with Crippen LogP contribution in [0.15, 0.2) is 84.9 Å². The van der Waals surface area contributed by atoms with Gasteiger partial charge in [-0.3, -0.25) is 15.1 Å². The van der Waals surface area contributed by atoms with Crippen LogP contribution in [0, 0.1) is 5.82 Å². The van der Waals surface area contributed by atoms with E-state index in [2.05, 4.69) is 33.5 Å². The van der Waals surface area contributed by atoms with Gasteiger partial charge in [-0.1, -0.05) is 36.4 Å². The number of hydrogen-bond acceptors (Lipinski definition) is 7. The van der Waals surface area contributed by atoms with Crippen molar-refractivity contribution in [2.75, 3.05) is 38.3 Å². The lowest BCUT2D eigenvalue weighted by Gasteiger charge is -2.43. The number of nitrogens with zero attached hydrogens (tertiary/aromatic N) is 3. The van der Waals surface area contributed by atoms with Crippen molar-refractivity contribution in [3.8, 4) is 0 Å². The number of rotatable bonds is 10. The van der Waals surface area contributed by atoms with Gasteiger partial charge in [0.25, 0.3) is 0 Å². The molecule has 0 atom stereocenters. The number of esters is 1. The fourth-order valence-corrected chi connectivity index (χ4v) is 6.17. The Morgan fingerprint density at radius 2 is 1.69 bits per heavy atom. The van der Waals surface area contributed by atoms with Gasteiger partial charge in [-0.05, 0) is 99.7 Å². The summed E-state index contributed by atoms with van der Waals surface area (Å²) in [5.41, 5.74) is 5.73. The molecule has 1 amide bonds. The quantitative estimate of drug-likeness (QED) is 0.222.